The Balaban J connectivity index is 1.85. The molecule has 0 spiro atoms. The Hall–Kier alpha value is -2.17. The fourth-order valence-electron chi connectivity index (χ4n) is 2.08. The number of hydrogen-bond acceptors (Lipinski definition) is 2. The van der Waals surface area contributed by atoms with Crippen molar-refractivity contribution >= 4 is 6.03 Å². The van der Waals surface area contributed by atoms with E-state index in [9.17, 15) is 9.18 Å². The zero-order chi connectivity index (χ0) is 12.6. The molecule has 1 aromatic heterocycles. The molecule has 1 aliphatic rings. The molecule has 1 amide bonds. The average Bonchev–Trinajstić information content (AvgIpc) is 2.94. The molecule has 5 heteroatoms. The number of aromatic nitrogens is 2. The molecule has 2 aromatic rings. The van der Waals surface area contributed by atoms with Gasteiger partial charge in [0.05, 0.1) is 5.54 Å². The van der Waals surface area contributed by atoms with Crippen molar-refractivity contribution in [3.05, 3.63) is 54.4 Å². The van der Waals surface area contributed by atoms with Crippen LogP contribution in [0.3, 0.4) is 0 Å². The van der Waals surface area contributed by atoms with E-state index in [4.69, 9.17) is 0 Å². The van der Waals surface area contributed by atoms with Gasteiger partial charge in [-0.1, -0.05) is 18.2 Å². The van der Waals surface area contributed by atoms with E-state index in [1.165, 1.54) is 23.2 Å². The van der Waals surface area contributed by atoms with Crippen LogP contribution in [0.1, 0.15) is 18.4 Å². The largest absolute Gasteiger partial charge is 0.328 e. The van der Waals surface area contributed by atoms with Crippen molar-refractivity contribution in [3.8, 4) is 0 Å². The van der Waals surface area contributed by atoms with Crippen molar-refractivity contribution in [3.63, 3.8) is 0 Å². The van der Waals surface area contributed by atoms with Gasteiger partial charge >= 0.3 is 6.03 Å². The third-order valence-corrected chi connectivity index (χ3v) is 3.22. The summed E-state index contributed by atoms with van der Waals surface area (Å²) in [5.41, 5.74) is 0.00522. The van der Waals surface area contributed by atoms with Crippen LogP contribution in [-0.2, 0) is 5.54 Å². The lowest BCUT2D eigenvalue weighted by Gasteiger charge is -2.18. The number of rotatable bonds is 2. The topological polar surface area (TPSA) is 46.9 Å². The van der Waals surface area contributed by atoms with Crippen molar-refractivity contribution in [1.82, 2.24) is 14.9 Å². The minimum atomic E-state index is -0.549. The predicted molar refractivity (Wildman–Crippen MR) is 63.5 cm³/mol. The molecule has 1 N–H and O–H groups in total. The fraction of sp³-hybridized carbons (Fsp3) is 0.231. The average molecular weight is 245 g/mol. The molecule has 0 radical (unpaired) electrons. The Morgan fingerprint density at radius 1 is 1.39 bits per heavy atom. The lowest BCUT2D eigenvalue weighted by atomic mass is 10.0. The maximum absolute atomic E-state index is 13.7. The van der Waals surface area contributed by atoms with Crippen LogP contribution in [0, 0.1) is 5.82 Å². The van der Waals surface area contributed by atoms with E-state index in [0.29, 0.717) is 5.56 Å². The zero-order valence-corrected chi connectivity index (χ0v) is 9.64. The van der Waals surface area contributed by atoms with Gasteiger partial charge < -0.3 is 5.32 Å². The van der Waals surface area contributed by atoms with Gasteiger partial charge in [-0.25, -0.2) is 14.2 Å². The summed E-state index contributed by atoms with van der Waals surface area (Å²) in [5, 5.41) is 2.87. The van der Waals surface area contributed by atoms with Crippen molar-refractivity contribution < 1.29 is 9.18 Å². The second-order valence-corrected chi connectivity index (χ2v) is 4.46. The molecule has 0 aliphatic heterocycles. The molecular weight excluding hydrogens is 233 g/mol. The first-order valence-electron chi connectivity index (χ1n) is 5.77. The molecular formula is C13H12FN3O. The summed E-state index contributed by atoms with van der Waals surface area (Å²) in [5.74, 6) is -0.277. The quantitative estimate of drug-likeness (QED) is 0.882. The van der Waals surface area contributed by atoms with Gasteiger partial charge in [-0.05, 0) is 18.9 Å². The number of nitrogens with one attached hydrogen (secondary N) is 1. The fourth-order valence-corrected chi connectivity index (χ4v) is 2.08. The van der Waals surface area contributed by atoms with Crippen molar-refractivity contribution in [2.75, 3.05) is 0 Å². The highest BCUT2D eigenvalue weighted by Gasteiger charge is 2.47. The molecule has 1 saturated carbocycles. The molecule has 1 aromatic carbocycles. The summed E-state index contributed by atoms with van der Waals surface area (Å²) in [6, 6.07) is 6.28. The van der Waals surface area contributed by atoms with Gasteiger partial charge in [-0.2, -0.15) is 0 Å². The van der Waals surface area contributed by atoms with Crippen molar-refractivity contribution in [1.29, 1.82) is 0 Å². The van der Waals surface area contributed by atoms with Crippen LogP contribution in [0.2, 0.25) is 0 Å². The summed E-state index contributed by atoms with van der Waals surface area (Å²) in [7, 11) is 0. The molecule has 18 heavy (non-hydrogen) atoms. The highest BCUT2D eigenvalue weighted by atomic mass is 19.1. The molecule has 0 atom stereocenters. The van der Waals surface area contributed by atoms with Gasteiger partial charge in [0.15, 0.2) is 0 Å². The summed E-state index contributed by atoms with van der Waals surface area (Å²) < 4.78 is 15.1. The first kappa shape index (κ1) is 11.0. The maximum atomic E-state index is 13.7. The third kappa shape index (κ3) is 1.77. The number of imidazole rings is 1. The number of amides is 1. The second-order valence-electron chi connectivity index (χ2n) is 4.46. The predicted octanol–water partition coefficient (Wildman–Crippen LogP) is 2.27. The van der Waals surface area contributed by atoms with E-state index in [2.05, 4.69) is 10.3 Å². The smallest absolute Gasteiger partial charge is 0.327 e. The van der Waals surface area contributed by atoms with E-state index in [0.717, 1.165) is 12.8 Å². The number of carbonyl (C=O) groups excluding carboxylic acids is 1. The van der Waals surface area contributed by atoms with Gasteiger partial charge in [0.2, 0.25) is 0 Å². The van der Waals surface area contributed by atoms with E-state index in [-0.39, 0.29) is 11.8 Å². The van der Waals surface area contributed by atoms with Crippen LogP contribution < -0.4 is 5.32 Å². The molecule has 1 aliphatic carbocycles. The van der Waals surface area contributed by atoms with Crippen LogP contribution in [-0.4, -0.2) is 15.6 Å². The van der Waals surface area contributed by atoms with Crippen LogP contribution in [0.15, 0.2) is 43.0 Å². The number of nitrogens with zero attached hydrogens (tertiary/aromatic N) is 2. The van der Waals surface area contributed by atoms with Crippen LogP contribution >= 0.6 is 0 Å². The number of hydrogen-bond donors (Lipinski definition) is 1. The molecule has 3 rings (SSSR count). The summed E-state index contributed by atoms with van der Waals surface area (Å²) >= 11 is 0. The van der Waals surface area contributed by atoms with Gasteiger partial charge in [0.25, 0.3) is 0 Å². The highest BCUT2D eigenvalue weighted by Crippen LogP contribution is 2.46. The summed E-state index contributed by atoms with van der Waals surface area (Å²) in [6.07, 6.45) is 6.03. The Morgan fingerprint density at radius 3 is 2.78 bits per heavy atom. The van der Waals surface area contributed by atoms with Crippen molar-refractivity contribution in [2.45, 2.75) is 18.4 Å². The number of halogens is 1. The number of benzene rings is 1. The monoisotopic (exact) mass is 245 g/mol. The standard InChI is InChI=1S/C13H12FN3O/c14-11-4-2-1-3-10(11)13(5-6-13)16-12(18)17-8-7-15-9-17/h1-4,7-9H,5-6H2,(H,16,18). The highest BCUT2D eigenvalue weighted by molar-refractivity contribution is 5.78. The first-order valence-corrected chi connectivity index (χ1v) is 5.77. The molecule has 92 valence electrons. The van der Waals surface area contributed by atoms with Crippen LogP contribution in [0.4, 0.5) is 9.18 Å². The van der Waals surface area contributed by atoms with Gasteiger partial charge in [0.1, 0.15) is 12.1 Å². The van der Waals surface area contributed by atoms with Crippen molar-refractivity contribution in [2.24, 2.45) is 0 Å². The Morgan fingerprint density at radius 2 is 2.17 bits per heavy atom. The SMILES string of the molecule is O=C(NC1(c2ccccc2F)CC1)n1ccnc1. The van der Waals surface area contributed by atoms with Gasteiger partial charge in [-0.3, -0.25) is 4.57 Å². The van der Waals surface area contributed by atoms with E-state index in [1.54, 1.807) is 24.4 Å². The zero-order valence-electron chi connectivity index (χ0n) is 9.64. The minimum absolute atomic E-state index is 0.277. The van der Waals surface area contributed by atoms with E-state index in [1.807, 2.05) is 0 Å². The molecule has 1 fully saturated rings. The molecule has 4 nitrogen and oxygen atoms in total. The minimum Gasteiger partial charge on any atom is -0.328 e. The lowest BCUT2D eigenvalue weighted by molar-refractivity contribution is 0.237. The summed E-state index contributed by atoms with van der Waals surface area (Å²) in [6.45, 7) is 0. The normalized spacial score (nSPS) is 16.3. The first-order chi connectivity index (χ1) is 8.71. The van der Waals surface area contributed by atoms with E-state index >= 15 is 0 Å². The Labute approximate surface area is 103 Å². The third-order valence-electron chi connectivity index (χ3n) is 3.22. The molecule has 1 heterocycles. The van der Waals surface area contributed by atoms with Gasteiger partial charge in [0, 0.05) is 18.0 Å². The lowest BCUT2D eigenvalue weighted by Crippen LogP contribution is -2.37. The molecule has 0 bridgehead atoms. The van der Waals surface area contributed by atoms with Crippen LogP contribution in [0.25, 0.3) is 0 Å². The maximum Gasteiger partial charge on any atom is 0.327 e. The van der Waals surface area contributed by atoms with Crippen LogP contribution in [0.5, 0.6) is 0 Å². The molecule has 0 unspecified atom stereocenters. The van der Waals surface area contributed by atoms with E-state index < -0.39 is 5.54 Å². The number of carbonyl (C=O) groups is 1. The second kappa shape index (κ2) is 3.94. The summed E-state index contributed by atoms with van der Waals surface area (Å²) in [4.78, 5) is 15.7. The van der Waals surface area contributed by atoms with Gasteiger partial charge in [-0.15, -0.1) is 0 Å². The Kier molecular flexibility index (Phi) is 2.40. The molecule has 0 saturated heterocycles. The Bertz CT molecular complexity index is 576.